The lowest BCUT2D eigenvalue weighted by Crippen LogP contribution is -2.54. The monoisotopic (exact) mass is 507 g/mol. The van der Waals surface area contributed by atoms with Gasteiger partial charge in [0.25, 0.3) is 0 Å². The van der Waals surface area contributed by atoms with Crippen molar-refractivity contribution in [1.82, 2.24) is 14.5 Å². The van der Waals surface area contributed by atoms with E-state index in [1.807, 2.05) is 36.4 Å². The zero-order chi connectivity index (χ0) is 25.7. The number of benzene rings is 3. The van der Waals surface area contributed by atoms with Crippen molar-refractivity contribution in [2.45, 2.75) is 30.8 Å². The summed E-state index contributed by atoms with van der Waals surface area (Å²) in [6.07, 6.45) is 0. The molecule has 1 fully saturated rings. The third-order valence-corrected chi connectivity index (χ3v) is 8.14. The first-order valence-electron chi connectivity index (χ1n) is 12.1. The molecule has 4 rings (SSSR count). The van der Waals surface area contributed by atoms with E-state index in [9.17, 15) is 13.2 Å². The maximum Gasteiger partial charge on any atom is 0.241 e. The highest BCUT2D eigenvalue weighted by molar-refractivity contribution is 7.89. The summed E-state index contributed by atoms with van der Waals surface area (Å²) in [5.74, 6) is 0.389. The highest BCUT2D eigenvalue weighted by atomic mass is 32.2. The first-order chi connectivity index (χ1) is 17.3. The number of ether oxygens (including phenoxy) is 1. The predicted molar refractivity (Wildman–Crippen MR) is 140 cm³/mol. The van der Waals surface area contributed by atoms with Gasteiger partial charge in [-0.15, -0.1) is 0 Å². The average molecular weight is 508 g/mol. The third-order valence-electron chi connectivity index (χ3n) is 6.60. The number of carbonyl (C=O) groups is 1. The van der Waals surface area contributed by atoms with Gasteiger partial charge in [-0.25, -0.2) is 8.42 Å². The molecular formula is C28H33N3O4S. The first-order valence-corrected chi connectivity index (χ1v) is 13.6. The van der Waals surface area contributed by atoms with E-state index in [0.717, 1.165) is 0 Å². The van der Waals surface area contributed by atoms with Gasteiger partial charge in [-0.3, -0.25) is 9.69 Å². The van der Waals surface area contributed by atoms with Crippen molar-refractivity contribution in [3.05, 3.63) is 95.6 Å². The number of rotatable bonds is 8. The van der Waals surface area contributed by atoms with Gasteiger partial charge in [-0.2, -0.15) is 4.72 Å². The van der Waals surface area contributed by atoms with Crippen LogP contribution in [0.3, 0.4) is 0 Å². The van der Waals surface area contributed by atoms with Crippen LogP contribution in [0.4, 0.5) is 0 Å². The van der Waals surface area contributed by atoms with Gasteiger partial charge >= 0.3 is 0 Å². The summed E-state index contributed by atoms with van der Waals surface area (Å²) in [5.41, 5.74) is 3.13. The van der Waals surface area contributed by atoms with E-state index in [0.29, 0.717) is 37.5 Å². The van der Waals surface area contributed by atoms with Gasteiger partial charge in [0.05, 0.1) is 24.1 Å². The molecule has 1 aliphatic rings. The van der Waals surface area contributed by atoms with Crippen LogP contribution in [-0.2, 0) is 14.8 Å². The molecule has 1 amide bonds. The number of aryl methyl sites for hydroxylation is 1. The first kappa shape index (κ1) is 25.9. The summed E-state index contributed by atoms with van der Waals surface area (Å²) in [6, 6.07) is 24.6. The second kappa shape index (κ2) is 11.2. The Balaban J connectivity index is 1.42. The fourth-order valence-corrected chi connectivity index (χ4v) is 6.01. The molecule has 36 heavy (non-hydrogen) atoms. The van der Waals surface area contributed by atoms with E-state index in [-0.39, 0.29) is 16.8 Å². The molecule has 0 radical (unpaired) electrons. The Morgan fingerprint density at radius 3 is 1.94 bits per heavy atom. The second-order valence-electron chi connectivity index (χ2n) is 9.06. The lowest BCUT2D eigenvalue weighted by molar-refractivity contribution is -0.134. The molecule has 1 aliphatic heterocycles. The van der Waals surface area contributed by atoms with Gasteiger partial charge < -0.3 is 9.64 Å². The van der Waals surface area contributed by atoms with Crippen LogP contribution in [0.25, 0.3) is 0 Å². The number of amides is 1. The normalized spacial score (nSPS) is 15.6. The van der Waals surface area contributed by atoms with Crippen molar-refractivity contribution >= 4 is 15.9 Å². The molecule has 1 heterocycles. The van der Waals surface area contributed by atoms with E-state index in [1.165, 1.54) is 24.3 Å². The minimum atomic E-state index is -3.85. The van der Waals surface area contributed by atoms with E-state index in [4.69, 9.17) is 4.74 Å². The van der Waals surface area contributed by atoms with Crippen molar-refractivity contribution in [3.63, 3.8) is 0 Å². The molecule has 190 valence electrons. The molecule has 1 N–H and O–H groups in total. The summed E-state index contributed by atoms with van der Waals surface area (Å²) < 4.78 is 33.6. The number of carbonyl (C=O) groups excluding carboxylic acids is 1. The Bertz CT molecular complexity index is 1240. The predicted octanol–water partition coefficient (Wildman–Crippen LogP) is 3.60. The van der Waals surface area contributed by atoms with Crippen molar-refractivity contribution in [1.29, 1.82) is 0 Å². The average Bonchev–Trinajstić information content (AvgIpc) is 2.90. The van der Waals surface area contributed by atoms with Gasteiger partial charge in [-0.1, -0.05) is 60.7 Å². The van der Waals surface area contributed by atoms with Crippen LogP contribution in [0.1, 0.15) is 29.7 Å². The number of sulfonamides is 1. The molecule has 1 saturated heterocycles. The zero-order valence-electron chi connectivity index (χ0n) is 20.9. The zero-order valence-corrected chi connectivity index (χ0v) is 21.7. The highest BCUT2D eigenvalue weighted by Gasteiger charge is 2.31. The van der Waals surface area contributed by atoms with Crippen molar-refractivity contribution in [2.75, 3.05) is 33.3 Å². The van der Waals surface area contributed by atoms with Crippen LogP contribution in [-0.4, -0.2) is 63.5 Å². The SMILES string of the molecule is COc1ccc(S(=O)(=O)N[C@H](C)C(=O)N2CCN(C(c3ccccc3)c3ccccc3)CC2)cc1C. The fraction of sp³-hybridized carbons (Fsp3) is 0.321. The summed E-state index contributed by atoms with van der Waals surface area (Å²) in [6.45, 7) is 5.82. The minimum Gasteiger partial charge on any atom is -0.496 e. The lowest BCUT2D eigenvalue weighted by Gasteiger charge is -2.40. The highest BCUT2D eigenvalue weighted by Crippen LogP contribution is 2.29. The van der Waals surface area contributed by atoms with E-state index in [1.54, 1.807) is 30.9 Å². The van der Waals surface area contributed by atoms with Crippen LogP contribution < -0.4 is 9.46 Å². The van der Waals surface area contributed by atoms with Crippen molar-refractivity contribution < 1.29 is 17.9 Å². The van der Waals surface area contributed by atoms with Crippen LogP contribution in [0.15, 0.2) is 83.8 Å². The smallest absolute Gasteiger partial charge is 0.241 e. The van der Waals surface area contributed by atoms with Gasteiger partial charge in [0.15, 0.2) is 0 Å². The number of hydrogen-bond acceptors (Lipinski definition) is 5. The van der Waals surface area contributed by atoms with Crippen molar-refractivity contribution in [3.8, 4) is 5.75 Å². The van der Waals surface area contributed by atoms with Crippen LogP contribution in [0, 0.1) is 6.92 Å². The minimum absolute atomic E-state index is 0.0962. The fourth-order valence-electron chi connectivity index (χ4n) is 4.73. The van der Waals surface area contributed by atoms with E-state index >= 15 is 0 Å². The van der Waals surface area contributed by atoms with Gasteiger partial charge in [0, 0.05) is 26.2 Å². The molecule has 0 unspecified atom stereocenters. The summed E-state index contributed by atoms with van der Waals surface area (Å²) in [4.78, 5) is 17.4. The number of nitrogens with zero attached hydrogens (tertiary/aromatic N) is 2. The molecule has 3 aromatic carbocycles. The third kappa shape index (κ3) is 5.78. The Morgan fingerprint density at radius 1 is 0.889 bits per heavy atom. The van der Waals surface area contributed by atoms with Crippen molar-refractivity contribution in [2.24, 2.45) is 0 Å². The molecule has 8 heteroatoms. The van der Waals surface area contributed by atoms with Crippen LogP contribution >= 0.6 is 0 Å². The topological polar surface area (TPSA) is 78.9 Å². The van der Waals surface area contributed by atoms with Gasteiger partial charge in [0.2, 0.25) is 15.9 Å². The number of methoxy groups -OCH3 is 1. The Morgan fingerprint density at radius 2 is 1.44 bits per heavy atom. The second-order valence-corrected chi connectivity index (χ2v) is 10.8. The summed E-state index contributed by atoms with van der Waals surface area (Å²) in [5, 5.41) is 0. The summed E-state index contributed by atoms with van der Waals surface area (Å²) >= 11 is 0. The standard InChI is InChI=1S/C28H33N3O4S/c1-21-20-25(14-15-26(21)35-3)36(33,34)29-22(2)28(32)31-18-16-30(17-19-31)27(23-10-6-4-7-11-23)24-12-8-5-9-13-24/h4-15,20,22,27,29H,16-19H2,1-3H3/t22-/m1/s1. The summed E-state index contributed by atoms with van der Waals surface area (Å²) in [7, 11) is -2.31. The quantitative estimate of drug-likeness (QED) is 0.504. The number of hydrogen-bond donors (Lipinski definition) is 1. The molecule has 0 spiro atoms. The van der Waals surface area contributed by atoms with Crippen LogP contribution in [0.5, 0.6) is 5.75 Å². The molecule has 0 aliphatic carbocycles. The van der Waals surface area contributed by atoms with Gasteiger partial charge in [-0.05, 0) is 48.7 Å². The number of nitrogens with one attached hydrogen (secondary N) is 1. The maximum absolute atomic E-state index is 13.2. The Labute approximate surface area is 213 Å². The van der Waals surface area contributed by atoms with Crippen LogP contribution in [0.2, 0.25) is 0 Å². The molecule has 7 nitrogen and oxygen atoms in total. The molecule has 0 bridgehead atoms. The largest absolute Gasteiger partial charge is 0.496 e. The number of piperazine rings is 1. The maximum atomic E-state index is 13.2. The van der Waals surface area contributed by atoms with E-state index in [2.05, 4.69) is 33.9 Å². The molecule has 0 aromatic heterocycles. The lowest BCUT2D eigenvalue weighted by atomic mass is 9.96. The molecule has 3 aromatic rings. The molecule has 0 saturated carbocycles. The Hall–Kier alpha value is -3.20. The van der Waals surface area contributed by atoms with Gasteiger partial charge in [0.1, 0.15) is 5.75 Å². The molecular weight excluding hydrogens is 474 g/mol. The Kier molecular flexibility index (Phi) is 8.08. The molecule has 1 atom stereocenters. The van der Waals surface area contributed by atoms with E-state index < -0.39 is 16.1 Å².